The van der Waals surface area contributed by atoms with Crippen LogP contribution in [-0.2, 0) is 11.3 Å². The van der Waals surface area contributed by atoms with E-state index in [9.17, 15) is 14.4 Å². The van der Waals surface area contributed by atoms with E-state index < -0.39 is 5.91 Å². The van der Waals surface area contributed by atoms with Crippen LogP contribution in [0, 0.1) is 6.92 Å². The highest BCUT2D eigenvalue weighted by molar-refractivity contribution is 7.20. The van der Waals surface area contributed by atoms with Gasteiger partial charge in [-0.25, -0.2) is 4.68 Å². The number of carbonyl (C=O) groups is 2. The molecule has 178 valence electrons. The molecule has 0 aliphatic carbocycles. The Morgan fingerprint density at radius 3 is 2.49 bits per heavy atom. The van der Waals surface area contributed by atoms with Crippen molar-refractivity contribution < 1.29 is 9.59 Å². The molecular weight excluding hydrogens is 460 g/mol. The average molecular weight is 487 g/mol. The number of anilines is 1. The van der Waals surface area contributed by atoms with Crippen LogP contribution in [0.4, 0.5) is 5.00 Å². The van der Waals surface area contributed by atoms with Gasteiger partial charge < -0.3 is 10.2 Å². The number of hydrogen-bond acceptors (Lipinski definition) is 5. The van der Waals surface area contributed by atoms with E-state index in [0.29, 0.717) is 16.0 Å². The summed E-state index contributed by atoms with van der Waals surface area (Å²) in [6.45, 7) is 3.14. The van der Waals surface area contributed by atoms with Crippen molar-refractivity contribution in [3.05, 3.63) is 82.3 Å². The first-order chi connectivity index (χ1) is 17.0. The van der Waals surface area contributed by atoms with Gasteiger partial charge in [0.2, 0.25) is 5.91 Å². The van der Waals surface area contributed by atoms with Gasteiger partial charge in [-0.1, -0.05) is 48.5 Å². The molecule has 2 aromatic heterocycles. The number of fused-ring (bicyclic) bond motifs is 1. The predicted octanol–water partition coefficient (Wildman–Crippen LogP) is 4.70. The first-order valence-corrected chi connectivity index (χ1v) is 12.6. The van der Waals surface area contributed by atoms with Gasteiger partial charge in [0.25, 0.3) is 11.5 Å². The highest BCUT2D eigenvalue weighted by Gasteiger charge is 2.28. The number of aromatic nitrogens is 2. The predicted molar refractivity (Wildman–Crippen MR) is 139 cm³/mol. The van der Waals surface area contributed by atoms with Crippen molar-refractivity contribution in [1.82, 2.24) is 14.7 Å². The van der Waals surface area contributed by atoms with E-state index >= 15 is 0 Å². The van der Waals surface area contributed by atoms with Gasteiger partial charge in [-0.2, -0.15) is 5.10 Å². The highest BCUT2D eigenvalue weighted by Crippen LogP contribution is 2.40. The number of nitrogens with zero attached hydrogens (tertiary/aromatic N) is 3. The van der Waals surface area contributed by atoms with E-state index in [1.165, 1.54) is 11.3 Å². The quantitative estimate of drug-likeness (QED) is 0.443. The van der Waals surface area contributed by atoms with E-state index in [-0.39, 0.29) is 18.0 Å². The van der Waals surface area contributed by atoms with Gasteiger partial charge in [0.05, 0.1) is 17.1 Å². The van der Waals surface area contributed by atoms with Gasteiger partial charge in [-0.05, 0) is 43.4 Å². The van der Waals surface area contributed by atoms with Crippen LogP contribution in [0.25, 0.3) is 21.2 Å². The summed E-state index contributed by atoms with van der Waals surface area (Å²) in [6, 6.07) is 17.0. The van der Waals surface area contributed by atoms with Crippen LogP contribution >= 0.6 is 11.3 Å². The SMILES string of the molecule is Cc1c(-c2ccccc2)sc(NC(=O)Cn2ncc3ccccc3c2=O)c1C(=O)N1CCCCC1. The fourth-order valence-electron chi connectivity index (χ4n) is 4.52. The van der Waals surface area contributed by atoms with Crippen LogP contribution in [-0.4, -0.2) is 39.6 Å². The molecule has 1 fully saturated rings. The monoisotopic (exact) mass is 486 g/mol. The van der Waals surface area contributed by atoms with E-state index in [1.54, 1.807) is 18.3 Å². The first-order valence-electron chi connectivity index (χ1n) is 11.8. The van der Waals surface area contributed by atoms with Crippen LogP contribution in [0.1, 0.15) is 35.2 Å². The largest absolute Gasteiger partial charge is 0.339 e. The van der Waals surface area contributed by atoms with Crippen LogP contribution < -0.4 is 10.9 Å². The Balaban J connectivity index is 1.47. The lowest BCUT2D eigenvalue weighted by atomic mass is 10.0. The number of nitrogens with one attached hydrogen (secondary N) is 1. The van der Waals surface area contributed by atoms with Crippen LogP contribution in [0.5, 0.6) is 0 Å². The summed E-state index contributed by atoms with van der Waals surface area (Å²) >= 11 is 1.39. The number of carbonyl (C=O) groups excluding carboxylic acids is 2. The molecular formula is C27H26N4O3S. The minimum Gasteiger partial charge on any atom is -0.339 e. The summed E-state index contributed by atoms with van der Waals surface area (Å²) in [5.41, 5.74) is 2.06. The van der Waals surface area contributed by atoms with Crippen molar-refractivity contribution in [2.24, 2.45) is 0 Å². The molecule has 5 rings (SSSR count). The van der Waals surface area contributed by atoms with Gasteiger partial charge in [-0.3, -0.25) is 14.4 Å². The Labute approximate surface area is 207 Å². The molecule has 8 heteroatoms. The van der Waals surface area contributed by atoms with E-state index in [2.05, 4.69) is 10.4 Å². The molecule has 0 saturated carbocycles. The molecule has 4 aromatic rings. The van der Waals surface area contributed by atoms with Crippen molar-refractivity contribution in [2.45, 2.75) is 32.7 Å². The Hall–Kier alpha value is -3.78. The zero-order chi connectivity index (χ0) is 24.4. The van der Waals surface area contributed by atoms with Crippen molar-refractivity contribution in [3.63, 3.8) is 0 Å². The van der Waals surface area contributed by atoms with Crippen LogP contribution in [0.3, 0.4) is 0 Å². The molecule has 1 saturated heterocycles. The Morgan fingerprint density at radius 1 is 1.00 bits per heavy atom. The molecule has 2 aromatic carbocycles. The Bertz CT molecular complexity index is 1450. The molecule has 0 atom stereocenters. The third kappa shape index (κ3) is 4.61. The molecule has 2 amide bonds. The molecule has 0 spiro atoms. The third-order valence-corrected chi connectivity index (χ3v) is 7.60. The van der Waals surface area contributed by atoms with Gasteiger partial charge in [0.15, 0.2) is 0 Å². The fourth-order valence-corrected chi connectivity index (χ4v) is 5.74. The molecule has 3 heterocycles. The first kappa shape index (κ1) is 23.0. The topological polar surface area (TPSA) is 84.3 Å². The summed E-state index contributed by atoms with van der Waals surface area (Å²) in [7, 11) is 0. The second-order valence-electron chi connectivity index (χ2n) is 8.72. The number of rotatable bonds is 5. The normalized spacial score (nSPS) is 13.7. The molecule has 7 nitrogen and oxygen atoms in total. The summed E-state index contributed by atoms with van der Waals surface area (Å²) < 4.78 is 1.16. The van der Waals surface area contributed by atoms with Gasteiger partial charge >= 0.3 is 0 Å². The minimum absolute atomic E-state index is 0.0584. The lowest BCUT2D eigenvalue weighted by Gasteiger charge is -2.27. The van der Waals surface area contributed by atoms with Crippen molar-refractivity contribution in [2.75, 3.05) is 18.4 Å². The Kier molecular flexibility index (Phi) is 6.46. The highest BCUT2D eigenvalue weighted by atomic mass is 32.1. The van der Waals surface area contributed by atoms with Gasteiger partial charge in [0, 0.05) is 23.4 Å². The summed E-state index contributed by atoms with van der Waals surface area (Å²) in [6.07, 6.45) is 4.67. The van der Waals surface area contributed by atoms with E-state index in [4.69, 9.17) is 0 Å². The molecule has 35 heavy (non-hydrogen) atoms. The third-order valence-electron chi connectivity index (χ3n) is 6.35. The van der Waals surface area contributed by atoms with Crippen molar-refractivity contribution in [1.29, 1.82) is 0 Å². The molecule has 1 aliphatic heterocycles. The average Bonchev–Trinajstić information content (AvgIpc) is 3.21. The number of thiophene rings is 1. The molecule has 1 N–H and O–H groups in total. The van der Waals surface area contributed by atoms with Crippen LogP contribution in [0.2, 0.25) is 0 Å². The zero-order valence-electron chi connectivity index (χ0n) is 19.5. The standard InChI is InChI=1S/C27H26N4O3S/c1-18-23(27(34)30-14-8-3-9-15-30)25(35-24(18)19-10-4-2-5-11-19)29-22(32)17-31-26(33)21-13-7-6-12-20(21)16-28-31/h2,4-7,10-13,16H,3,8-9,14-15,17H2,1H3,(H,29,32). The molecule has 0 radical (unpaired) electrons. The molecule has 0 unspecified atom stereocenters. The fraction of sp³-hybridized carbons (Fsp3) is 0.259. The summed E-state index contributed by atoms with van der Waals surface area (Å²) in [5.74, 6) is -0.458. The maximum Gasteiger partial charge on any atom is 0.275 e. The maximum atomic E-state index is 13.5. The second kappa shape index (κ2) is 9.84. The number of amides is 2. The lowest BCUT2D eigenvalue weighted by Crippen LogP contribution is -2.36. The van der Waals surface area contributed by atoms with E-state index in [1.807, 2.05) is 54.3 Å². The summed E-state index contributed by atoms with van der Waals surface area (Å²) in [4.78, 5) is 42.2. The minimum atomic E-state index is -0.400. The summed E-state index contributed by atoms with van der Waals surface area (Å²) in [5, 5.41) is 8.82. The smallest absolute Gasteiger partial charge is 0.275 e. The molecule has 0 bridgehead atoms. The van der Waals surface area contributed by atoms with Crippen LogP contribution in [0.15, 0.2) is 65.6 Å². The number of likely N-dealkylation sites (tertiary alicyclic amines) is 1. The van der Waals surface area contributed by atoms with Gasteiger partial charge in [0.1, 0.15) is 11.5 Å². The lowest BCUT2D eigenvalue weighted by molar-refractivity contribution is -0.116. The van der Waals surface area contributed by atoms with Crippen molar-refractivity contribution in [3.8, 4) is 10.4 Å². The number of hydrogen-bond donors (Lipinski definition) is 1. The van der Waals surface area contributed by atoms with Gasteiger partial charge in [-0.15, -0.1) is 11.3 Å². The number of piperidine rings is 1. The Morgan fingerprint density at radius 2 is 1.71 bits per heavy atom. The second-order valence-corrected chi connectivity index (χ2v) is 9.74. The van der Waals surface area contributed by atoms with E-state index in [0.717, 1.165) is 58.4 Å². The zero-order valence-corrected chi connectivity index (χ0v) is 20.3. The maximum absolute atomic E-state index is 13.5. The molecule has 1 aliphatic rings. The number of benzene rings is 2. The van der Waals surface area contributed by atoms with Crippen molar-refractivity contribution >= 4 is 38.9 Å².